The molecule has 23 heavy (non-hydrogen) atoms. The Kier molecular flexibility index (Phi) is 6.03. The summed E-state index contributed by atoms with van der Waals surface area (Å²) in [5.41, 5.74) is 0.623. The second-order valence-electron chi connectivity index (χ2n) is 5.12. The van der Waals surface area contributed by atoms with E-state index in [1.807, 2.05) is 13.8 Å². The maximum absolute atomic E-state index is 11.7. The van der Waals surface area contributed by atoms with Crippen molar-refractivity contribution in [3.8, 4) is 0 Å². The molecule has 2 heterocycles. The molecule has 124 valence electrons. The maximum Gasteiger partial charge on any atom is 0.321 e. The van der Waals surface area contributed by atoms with Gasteiger partial charge in [0.25, 0.3) is 0 Å². The summed E-state index contributed by atoms with van der Waals surface area (Å²) in [6, 6.07) is -0.355. The van der Waals surface area contributed by atoms with Crippen LogP contribution in [-0.2, 0) is 4.79 Å². The van der Waals surface area contributed by atoms with Crippen LogP contribution in [0.5, 0.6) is 0 Å². The average molecular weight is 337 g/mol. The van der Waals surface area contributed by atoms with E-state index in [2.05, 4.69) is 36.3 Å². The number of carbonyl (C=O) groups is 2. The van der Waals surface area contributed by atoms with Crippen molar-refractivity contribution >= 4 is 34.1 Å². The number of aromatic nitrogens is 4. The van der Waals surface area contributed by atoms with Crippen LogP contribution in [0.3, 0.4) is 0 Å². The maximum atomic E-state index is 11.7. The van der Waals surface area contributed by atoms with E-state index >= 15 is 0 Å². The zero-order chi connectivity index (χ0) is 16.7. The molecule has 0 saturated carbocycles. The first-order valence-electron chi connectivity index (χ1n) is 7.21. The van der Waals surface area contributed by atoms with Crippen LogP contribution in [0.25, 0.3) is 0 Å². The van der Waals surface area contributed by atoms with Crippen molar-refractivity contribution in [2.45, 2.75) is 32.6 Å². The van der Waals surface area contributed by atoms with Crippen LogP contribution < -0.4 is 16.0 Å². The Labute approximate surface area is 137 Å². The van der Waals surface area contributed by atoms with Gasteiger partial charge in [-0.25, -0.2) is 4.79 Å². The lowest BCUT2D eigenvalue weighted by molar-refractivity contribution is -0.116. The number of amides is 3. The number of aromatic amines is 1. The van der Waals surface area contributed by atoms with Crippen molar-refractivity contribution in [2.75, 3.05) is 17.2 Å². The summed E-state index contributed by atoms with van der Waals surface area (Å²) < 4.78 is 0. The predicted molar refractivity (Wildman–Crippen MR) is 87.5 cm³/mol. The standard InChI is InChI=1S/C13H19N7O2S/c1-8(2)11-19-20-13(23-11)18-12(22)14-5-3-4-10(21)17-9-6-15-16-7-9/h6-8H,3-5H2,1-2H3,(H,15,16)(H,17,21)(H2,14,18,20,22). The molecule has 0 saturated heterocycles. The lowest BCUT2D eigenvalue weighted by Gasteiger charge is -2.05. The van der Waals surface area contributed by atoms with Gasteiger partial charge in [0, 0.05) is 25.1 Å². The number of urea groups is 1. The number of hydrogen-bond acceptors (Lipinski definition) is 6. The molecule has 0 fully saturated rings. The average Bonchev–Trinajstić information content (AvgIpc) is 3.15. The van der Waals surface area contributed by atoms with E-state index in [1.165, 1.54) is 17.5 Å². The van der Waals surface area contributed by atoms with Gasteiger partial charge in [0.1, 0.15) is 5.01 Å². The molecule has 2 aromatic rings. The Hall–Kier alpha value is -2.49. The minimum Gasteiger partial charge on any atom is -0.338 e. The zero-order valence-corrected chi connectivity index (χ0v) is 13.7. The molecule has 0 aliphatic carbocycles. The van der Waals surface area contributed by atoms with Gasteiger partial charge in [0.05, 0.1) is 11.9 Å². The molecule has 0 aliphatic heterocycles. The van der Waals surface area contributed by atoms with Gasteiger partial charge in [-0.1, -0.05) is 25.2 Å². The molecule has 2 aromatic heterocycles. The summed E-state index contributed by atoms with van der Waals surface area (Å²) in [5.74, 6) is 0.152. The highest BCUT2D eigenvalue weighted by Gasteiger charge is 2.10. The monoisotopic (exact) mass is 337 g/mol. The molecule has 3 amide bonds. The van der Waals surface area contributed by atoms with Crippen molar-refractivity contribution in [1.82, 2.24) is 25.7 Å². The number of anilines is 2. The molecule has 9 nitrogen and oxygen atoms in total. The molecule has 4 N–H and O–H groups in total. The highest BCUT2D eigenvalue weighted by atomic mass is 32.1. The minimum absolute atomic E-state index is 0.126. The number of hydrogen-bond donors (Lipinski definition) is 4. The van der Waals surface area contributed by atoms with E-state index in [0.717, 1.165) is 5.01 Å². The fourth-order valence-corrected chi connectivity index (χ4v) is 2.39. The number of nitrogens with zero attached hydrogens (tertiary/aromatic N) is 3. The van der Waals surface area contributed by atoms with Crippen molar-refractivity contribution in [3.63, 3.8) is 0 Å². The molecule has 10 heteroatoms. The fraction of sp³-hybridized carbons (Fsp3) is 0.462. The Morgan fingerprint density at radius 1 is 1.30 bits per heavy atom. The smallest absolute Gasteiger partial charge is 0.321 e. The van der Waals surface area contributed by atoms with Gasteiger partial charge in [-0.2, -0.15) is 5.10 Å². The zero-order valence-electron chi connectivity index (χ0n) is 12.9. The van der Waals surface area contributed by atoms with Gasteiger partial charge in [0.2, 0.25) is 11.0 Å². The summed E-state index contributed by atoms with van der Waals surface area (Å²) in [4.78, 5) is 23.3. The molecule has 0 aliphatic rings. The van der Waals surface area contributed by atoms with E-state index in [9.17, 15) is 9.59 Å². The van der Waals surface area contributed by atoms with Crippen molar-refractivity contribution in [2.24, 2.45) is 0 Å². The Morgan fingerprint density at radius 2 is 2.13 bits per heavy atom. The summed E-state index contributed by atoms with van der Waals surface area (Å²) in [6.45, 7) is 4.42. The first-order chi connectivity index (χ1) is 11.0. The van der Waals surface area contributed by atoms with Gasteiger partial charge >= 0.3 is 6.03 Å². The van der Waals surface area contributed by atoms with Crippen LogP contribution >= 0.6 is 11.3 Å². The van der Waals surface area contributed by atoms with E-state index in [-0.39, 0.29) is 17.9 Å². The van der Waals surface area contributed by atoms with E-state index in [1.54, 1.807) is 6.20 Å². The molecule has 0 radical (unpaired) electrons. The third-order valence-electron chi connectivity index (χ3n) is 2.80. The Balaban J connectivity index is 1.61. The molecule has 0 unspecified atom stereocenters. The molecule has 0 atom stereocenters. The van der Waals surface area contributed by atoms with Crippen molar-refractivity contribution in [3.05, 3.63) is 17.4 Å². The third kappa shape index (κ3) is 5.66. The first-order valence-corrected chi connectivity index (χ1v) is 8.03. The molecule has 2 rings (SSSR count). The topological polar surface area (TPSA) is 125 Å². The van der Waals surface area contributed by atoms with Gasteiger partial charge in [0.15, 0.2) is 0 Å². The molecular weight excluding hydrogens is 318 g/mol. The van der Waals surface area contributed by atoms with Crippen LogP contribution in [0, 0.1) is 0 Å². The SMILES string of the molecule is CC(C)c1nnc(NC(=O)NCCCC(=O)Nc2cn[nH]c2)s1. The third-order valence-corrected chi connectivity index (χ3v) is 3.94. The highest BCUT2D eigenvalue weighted by Crippen LogP contribution is 2.22. The van der Waals surface area contributed by atoms with Crippen LogP contribution in [0.15, 0.2) is 12.4 Å². The van der Waals surface area contributed by atoms with Gasteiger partial charge in [-0.15, -0.1) is 10.2 Å². The van der Waals surface area contributed by atoms with Crippen LogP contribution in [0.1, 0.15) is 37.6 Å². The molecular formula is C13H19N7O2S. The second-order valence-corrected chi connectivity index (χ2v) is 6.13. The normalized spacial score (nSPS) is 10.6. The summed E-state index contributed by atoms with van der Waals surface area (Å²) in [5, 5.41) is 23.5. The molecule has 0 spiro atoms. The fourth-order valence-electron chi connectivity index (χ4n) is 1.65. The van der Waals surface area contributed by atoms with Gasteiger partial charge in [-0.3, -0.25) is 15.2 Å². The number of rotatable bonds is 7. The summed E-state index contributed by atoms with van der Waals surface area (Å²) in [6.07, 6.45) is 3.96. The summed E-state index contributed by atoms with van der Waals surface area (Å²) >= 11 is 1.35. The highest BCUT2D eigenvalue weighted by molar-refractivity contribution is 7.15. The second kappa shape index (κ2) is 8.22. The Morgan fingerprint density at radius 3 is 2.78 bits per heavy atom. The summed E-state index contributed by atoms with van der Waals surface area (Å²) in [7, 11) is 0. The minimum atomic E-state index is -0.355. The number of H-pyrrole nitrogens is 1. The van der Waals surface area contributed by atoms with Crippen molar-refractivity contribution in [1.29, 1.82) is 0 Å². The lowest BCUT2D eigenvalue weighted by atomic mass is 10.2. The predicted octanol–water partition coefficient (Wildman–Crippen LogP) is 1.92. The Bertz CT molecular complexity index is 639. The van der Waals surface area contributed by atoms with E-state index in [4.69, 9.17) is 0 Å². The number of nitrogens with one attached hydrogen (secondary N) is 4. The molecule has 0 bridgehead atoms. The van der Waals surface area contributed by atoms with Gasteiger partial charge in [-0.05, 0) is 6.42 Å². The largest absolute Gasteiger partial charge is 0.338 e. The van der Waals surface area contributed by atoms with E-state index < -0.39 is 0 Å². The van der Waals surface area contributed by atoms with Crippen LogP contribution in [0.4, 0.5) is 15.6 Å². The number of carbonyl (C=O) groups excluding carboxylic acids is 2. The van der Waals surface area contributed by atoms with Crippen molar-refractivity contribution < 1.29 is 9.59 Å². The van der Waals surface area contributed by atoms with Crippen LogP contribution in [0.2, 0.25) is 0 Å². The first kappa shape index (κ1) is 16.9. The lowest BCUT2D eigenvalue weighted by Crippen LogP contribution is -2.30. The quantitative estimate of drug-likeness (QED) is 0.575. The molecule has 0 aromatic carbocycles. The van der Waals surface area contributed by atoms with E-state index in [0.29, 0.717) is 30.2 Å². The van der Waals surface area contributed by atoms with Crippen LogP contribution in [-0.4, -0.2) is 38.9 Å². The van der Waals surface area contributed by atoms with Gasteiger partial charge < -0.3 is 10.6 Å².